The number of nitrogens with one attached hydrogen (secondary N) is 1. The van der Waals surface area contributed by atoms with Crippen LogP contribution >= 0.6 is 11.8 Å². The van der Waals surface area contributed by atoms with E-state index in [4.69, 9.17) is 14.2 Å². The van der Waals surface area contributed by atoms with Gasteiger partial charge in [-0.1, -0.05) is 48.5 Å². The van der Waals surface area contributed by atoms with E-state index in [1.807, 2.05) is 36.4 Å². The maximum Gasteiger partial charge on any atom is 0.337 e. The van der Waals surface area contributed by atoms with Crippen LogP contribution in [0.2, 0.25) is 0 Å². The smallest absolute Gasteiger partial charge is 0.337 e. The van der Waals surface area contributed by atoms with Crippen molar-refractivity contribution in [1.29, 1.82) is 0 Å². The van der Waals surface area contributed by atoms with Gasteiger partial charge in [-0.15, -0.1) is 11.8 Å². The summed E-state index contributed by atoms with van der Waals surface area (Å²) in [4.78, 5) is 50.8. The second kappa shape index (κ2) is 12.6. The number of carbonyl (C=O) groups is 3. The molecule has 0 aromatic heterocycles. The molecule has 0 spiro atoms. The Hall–Kier alpha value is -4.84. The molecule has 0 saturated carbocycles. The molecule has 11 nitrogen and oxygen atoms in total. The average molecular weight is 576 g/mol. The lowest BCUT2D eigenvalue weighted by molar-refractivity contribution is -0.384. The van der Waals surface area contributed by atoms with E-state index in [0.717, 1.165) is 5.56 Å². The second-order valence-corrected chi connectivity index (χ2v) is 10.1. The highest BCUT2D eigenvalue weighted by Crippen LogP contribution is 2.41. The van der Waals surface area contributed by atoms with Crippen molar-refractivity contribution in [2.45, 2.75) is 30.7 Å². The first-order valence-corrected chi connectivity index (χ1v) is 13.6. The topological polar surface area (TPSA) is 137 Å². The van der Waals surface area contributed by atoms with Crippen LogP contribution < -0.4 is 10.1 Å². The summed E-state index contributed by atoms with van der Waals surface area (Å²) in [6.45, 7) is -0.258. The number of nitro benzene ring substituents is 1. The molecule has 2 amide bonds. The summed E-state index contributed by atoms with van der Waals surface area (Å²) in [5, 5.41) is 14.7. The minimum Gasteiger partial charge on any atom is -0.490 e. The van der Waals surface area contributed by atoms with Crippen LogP contribution in [0.5, 0.6) is 5.75 Å². The van der Waals surface area contributed by atoms with Gasteiger partial charge < -0.3 is 24.4 Å². The quantitative estimate of drug-likeness (QED) is 0.157. The van der Waals surface area contributed by atoms with Crippen molar-refractivity contribution in [1.82, 2.24) is 10.2 Å². The molecule has 3 atom stereocenters. The predicted molar refractivity (Wildman–Crippen MR) is 148 cm³/mol. The average Bonchev–Trinajstić information content (AvgIpc) is 3.01. The molecular formula is C29H25N3O8S. The lowest BCUT2D eigenvalue weighted by Gasteiger charge is -2.51. The highest BCUT2D eigenvalue weighted by molar-refractivity contribution is 8.02. The number of amides is 2. The van der Waals surface area contributed by atoms with Gasteiger partial charge in [0.15, 0.2) is 12.6 Å². The number of fused-ring (bicyclic) bond motifs is 1. The number of esters is 1. The molecule has 1 saturated heterocycles. The fourth-order valence-corrected chi connectivity index (χ4v) is 5.46. The molecule has 2 heterocycles. The summed E-state index contributed by atoms with van der Waals surface area (Å²) in [5.74, 6) is -0.885. The van der Waals surface area contributed by atoms with Crippen molar-refractivity contribution < 1.29 is 33.5 Å². The Morgan fingerprint density at radius 3 is 2.24 bits per heavy atom. The summed E-state index contributed by atoms with van der Waals surface area (Å²) in [6, 6.07) is 21.8. The Bertz CT molecular complexity index is 1450. The van der Waals surface area contributed by atoms with Gasteiger partial charge in [-0.2, -0.15) is 0 Å². The number of nitrogens with zero attached hydrogens (tertiary/aromatic N) is 2. The third-order valence-electron chi connectivity index (χ3n) is 6.38. The number of thioether (sulfide) groups is 1. The molecule has 1 N–H and O–H groups in total. The molecule has 0 bridgehead atoms. The van der Waals surface area contributed by atoms with E-state index >= 15 is 0 Å². The lowest BCUT2D eigenvalue weighted by Crippen LogP contribution is -2.74. The zero-order valence-electron chi connectivity index (χ0n) is 21.6. The Labute approximate surface area is 239 Å². The van der Waals surface area contributed by atoms with E-state index in [-0.39, 0.29) is 31.3 Å². The third-order valence-corrected chi connectivity index (χ3v) is 7.53. The van der Waals surface area contributed by atoms with Crippen molar-refractivity contribution in [3.8, 4) is 5.75 Å². The van der Waals surface area contributed by atoms with Crippen LogP contribution in [0.15, 0.2) is 96.1 Å². The first kappa shape index (κ1) is 27.7. The van der Waals surface area contributed by atoms with Crippen LogP contribution in [0.25, 0.3) is 0 Å². The van der Waals surface area contributed by atoms with Gasteiger partial charge in [0.05, 0.1) is 4.92 Å². The van der Waals surface area contributed by atoms with Crippen LogP contribution in [-0.4, -0.2) is 51.7 Å². The number of hydrogen-bond acceptors (Lipinski definition) is 9. The summed E-state index contributed by atoms with van der Waals surface area (Å²) in [6.07, 6.45) is 0. The van der Waals surface area contributed by atoms with Gasteiger partial charge in [-0.05, 0) is 35.4 Å². The maximum atomic E-state index is 13.3. The highest BCUT2D eigenvalue weighted by Gasteiger charge is 2.57. The van der Waals surface area contributed by atoms with E-state index in [0.29, 0.717) is 11.3 Å². The molecule has 12 heteroatoms. The zero-order chi connectivity index (χ0) is 28.8. The zero-order valence-corrected chi connectivity index (χ0v) is 22.4. The first-order valence-electron chi connectivity index (χ1n) is 12.6. The number of nitro groups is 1. The van der Waals surface area contributed by atoms with Gasteiger partial charge >= 0.3 is 5.97 Å². The summed E-state index contributed by atoms with van der Waals surface area (Å²) in [5.41, 5.74) is 1.33. The van der Waals surface area contributed by atoms with Gasteiger partial charge in [0, 0.05) is 17.5 Å². The fraction of sp³-hybridized carbons (Fsp3) is 0.207. The van der Waals surface area contributed by atoms with Crippen molar-refractivity contribution in [2.24, 2.45) is 0 Å². The molecule has 1 fully saturated rings. The van der Waals surface area contributed by atoms with Crippen molar-refractivity contribution in [3.63, 3.8) is 0 Å². The molecular weight excluding hydrogens is 550 g/mol. The summed E-state index contributed by atoms with van der Waals surface area (Å²) in [7, 11) is 0. The van der Waals surface area contributed by atoms with Crippen molar-refractivity contribution in [3.05, 3.63) is 117 Å². The van der Waals surface area contributed by atoms with Gasteiger partial charge in [-0.3, -0.25) is 19.7 Å². The van der Waals surface area contributed by atoms with Crippen molar-refractivity contribution >= 4 is 35.2 Å². The molecule has 1 unspecified atom stereocenters. The lowest BCUT2D eigenvalue weighted by atomic mass is 10.0. The van der Waals surface area contributed by atoms with E-state index in [1.54, 1.807) is 29.7 Å². The Morgan fingerprint density at radius 2 is 1.56 bits per heavy atom. The number of carbonyl (C=O) groups excluding carboxylic acids is 3. The van der Waals surface area contributed by atoms with E-state index in [9.17, 15) is 24.5 Å². The molecule has 0 radical (unpaired) electrons. The van der Waals surface area contributed by atoms with Crippen LogP contribution in [0, 0.1) is 10.1 Å². The fourth-order valence-electron chi connectivity index (χ4n) is 4.29. The van der Waals surface area contributed by atoms with Gasteiger partial charge in [-0.25, -0.2) is 4.79 Å². The Morgan fingerprint density at radius 1 is 0.902 bits per heavy atom. The van der Waals surface area contributed by atoms with Gasteiger partial charge in [0.25, 0.3) is 11.6 Å². The Kier molecular flexibility index (Phi) is 8.49. The number of non-ortho nitro benzene ring substituents is 1. The molecule has 0 aliphatic carbocycles. The molecule has 41 heavy (non-hydrogen) atoms. The summed E-state index contributed by atoms with van der Waals surface area (Å²) >= 11 is 1.26. The molecule has 3 aromatic carbocycles. The van der Waals surface area contributed by atoms with Crippen LogP contribution in [0.3, 0.4) is 0 Å². The molecule has 3 aromatic rings. The van der Waals surface area contributed by atoms with Crippen LogP contribution in [0.1, 0.15) is 11.1 Å². The van der Waals surface area contributed by atoms with Gasteiger partial charge in [0.1, 0.15) is 36.1 Å². The van der Waals surface area contributed by atoms with E-state index < -0.39 is 40.2 Å². The molecule has 2 aliphatic rings. The highest BCUT2D eigenvalue weighted by atomic mass is 32.2. The normalized spacial score (nSPS) is 19.2. The van der Waals surface area contributed by atoms with E-state index in [1.165, 1.54) is 40.9 Å². The number of β-lactam (4-membered cyclic amide) rings is 1. The van der Waals surface area contributed by atoms with E-state index in [2.05, 4.69) is 5.32 Å². The number of para-hydroxylation sites is 1. The third kappa shape index (κ3) is 6.49. The standard InChI is InChI=1S/C29H25N3O8S/c33-24(17-38-22-9-5-2-6-10-22)30-25-27(34)31-26(29(35)40-16-20-11-13-21(14-12-20)32(36)37)23(18-41-28(25)31)39-15-19-7-3-1-4-8-19/h1-14,18,25-26,28H,15-17H2,(H,30,33)/t25-,26?,28-/m1/s1. The van der Waals surface area contributed by atoms with Crippen LogP contribution in [-0.2, 0) is 37.1 Å². The summed E-state index contributed by atoms with van der Waals surface area (Å²) < 4.78 is 16.9. The number of benzene rings is 3. The second-order valence-electron chi connectivity index (χ2n) is 9.15. The number of hydrogen-bond donors (Lipinski definition) is 1. The largest absolute Gasteiger partial charge is 0.490 e. The van der Waals surface area contributed by atoms with Gasteiger partial charge in [0.2, 0.25) is 5.91 Å². The minimum atomic E-state index is -1.16. The SMILES string of the molecule is O=C(COc1ccccc1)N[C@@H]1C(=O)N2C(C(=O)OCc3ccc([N+](=O)[O-])cc3)C(OCc3ccccc3)=CS[C@H]12. The number of ether oxygens (including phenoxy) is 3. The minimum absolute atomic E-state index is 0.0832. The molecule has 5 rings (SSSR count). The molecule has 2 aliphatic heterocycles. The maximum absolute atomic E-state index is 13.3. The van der Waals surface area contributed by atoms with Crippen LogP contribution in [0.4, 0.5) is 5.69 Å². The number of rotatable bonds is 11. The first-order chi connectivity index (χ1) is 19.9. The Balaban J connectivity index is 1.26. The monoisotopic (exact) mass is 575 g/mol. The predicted octanol–water partition coefficient (Wildman–Crippen LogP) is 3.54. The van der Waals surface area contributed by atoms with Crippen molar-refractivity contribution in [2.75, 3.05) is 6.61 Å². The molecule has 210 valence electrons.